The molecule has 2 aromatic rings. The highest BCUT2D eigenvalue weighted by molar-refractivity contribution is 5.36. The predicted octanol–water partition coefficient (Wildman–Crippen LogP) is 3.40. The summed E-state index contributed by atoms with van der Waals surface area (Å²) in [5.74, 6) is 0.0904. The predicted molar refractivity (Wildman–Crippen MR) is 101 cm³/mol. The third-order valence-electron chi connectivity index (χ3n) is 5.95. The van der Waals surface area contributed by atoms with E-state index in [0.29, 0.717) is 12.8 Å². The highest BCUT2D eigenvalue weighted by Crippen LogP contribution is 2.43. The van der Waals surface area contributed by atoms with Crippen molar-refractivity contribution in [2.45, 2.75) is 43.9 Å². The Hall–Kier alpha value is -1.68. The second-order valence-corrected chi connectivity index (χ2v) is 7.77. The van der Waals surface area contributed by atoms with Gasteiger partial charge in [-0.1, -0.05) is 67.6 Å². The Kier molecular flexibility index (Phi) is 5.01. The molecule has 1 aliphatic heterocycles. The van der Waals surface area contributed by atoms with E-state index < -0.39 is 11.2 Å². The lowest BCUT2D eigenvalue weighted by molar-refractivity contribution is -0.121. The molecule has 0 spiro atoms. The molecule has 1 aliphatic rings. The van der Waals surface area contributed by atoms with Crippen molar-refractivity contribution < 1.29 is 10.2 Å². The molecule has 0 amide bonds. The second kappa shape index (κ2) is 6.91. The number of benzene rings is 2. The van der Waals surface area contributed by atoms with E-state index in [4.69, 9.17) is 0 Å². The Morgan fingerprint density at radius 2 is 1.48 bits per heavy atom. The van der Waals surface area contributed by atoms with E-state index in [1.54, 1.807) is 0 Å². The van der Waals surface area contributed by atoms with Gasteiger partial charge in [-0.25, -0.2) is 0 Å². The highest BCUT2D eigenvalue weighted by atomic mass is 16.3. The van der Waals surface area contributed by atoms with E-state index in [0.717, 1.165) is 17.7 Å². The van der Waals surface area contributed by atoms with Crippen LogP contribution in [0.15, 0.2) is 60.7 Å². The number of nitrogens with zero attached hydrogens (tertiary/aromatic N) is 1. The molecule has 1 heterocycles. The molecule has 3 rings (SSSR count). The van der Waals surface area contributed by atoms with E-state index in [2.05, 4.69) is 25.8 Å². The Labute approximate surface area is 150 Å². The molecule has 0 aromatic heterocycles. The van der Waals surface area contributed by atoms with Crippen molar-refractivity contribution >= 4 is 0 Å². The third kappa shape index (κ3) is 3.50. The Balaban J connectivity index is 2.02. The summed E-state index contributed by atoms with van der Waals surface area (Å²) in [7, 11) is 2.10. The largest absolute Gasteiger partial charge is 0.389 e. The van der Waals surface area contributed by atoms with Crippen LogP contribution in [-0.4, -0.2) is 40.3 Å². The fourth-order valence-corrected chi connectivity index (χ4v) is 4.14. The smallest absolute Gasteiger partial charge is 0.117 e. The number of aliphatic hydroxyl groups is 2. The summed E-state index contributed by atoms with van der Waals surface area (Å²) in [5.41, 5.74) is -0.463. The minimum Gasteiger partial charge on any atom is -0.389 e. The molecule has 0 saturated carbocycles. The van der Waals surface area contributed by atoms with Gasteiger partial charge in [0.05, 0.1) is 5.60 Å². The number of hydrogen-bond donors (Lipinski definition) is 2. The molecule has 3 atom stereocenters. The molecule has 0 unspecified atom stereocenters. The van der Waals surface area contributed by atoms with Crippen molar-refractivity contribution in [2.24, 2.45) is 5.92 Å². The molecule has 0 radical (unpaired) electrons. The van der Waals surface area contributed by atoms with Crippen LogP contribution in [0.3, 0.4) is 0 Å². The van der Waals surface area contributed by atoms with Crippen molar-refractivity contribution in [3.8, 4) is 0 Å². The minimum atomic E-state index is -1.21. The van der Waals surface area contributed by atoms with Crippen LogP contribution < -0.4 is 0 Å². The van der Waals surface area contributed by atoms with Gasteiger partial charge in [0.25, 0.3) is 0 Å². The lowest BCUT2D eigenvalue weighted by Gasteiger charge is -2.49. The summed E-state index contributed by atoms with van der Waals surface area (Å²) in [4.78, 5) is 2.28. The summed E-state index contributed by atoms with van der Waals surface area (Å²) in [6.45, 7) is 5.05. The van der Waals surface area contributed by atoms with Crippen LogP contribution in [0.2, 0.25) is 0 Å². The fourth-order valence-electron chi connectivity index (χ4n) is 4.14. The van der Waals surface area contributed by atoms with Crippen molar-refractivity contribution in [1.29, 1.82) is 0 Å². The zero-order chi connectivity index (χ0) is 18.1. The van der Waals surface area contributed by atoms with Gasteiger partial charge in [0.1, 0.15) is 5.60 Å². The second-order valence-electron chi connectivity index (χ2n) is 7.77. The maximum atomic E-state index is 11.8. The van der Waals surface area contributed by atoms with E-state index >= 15 is 0 Å². The maximum Gasteiger partial charge on any atom is 0.117 e. The first-order chi connectivity index (χ1) is 11.8. The summed E-state index contributed by atoms with van der Waals surface area (Å²) in [5, 5.41) is 23.3. The van der Waals surface area contributed by atoms with Gasteiger partial charge in [-0.3, -0.25) is 0 Å². The van der Waals surface area contributed by atoms with Crippen LogP contribution in [0.5, 0.6) is 0 Å². The molecular weight excluding hydrogens is 310 g/mol. The van der Waals surface area contributed by atoms with Crippen molar-refractivity contribution in [1.82, 2.24) is 4.90 Å². The summed E-state index contributed by atoms with van der Waals surface area (Å²) < 4.78 is 0. The first-order valence-electron chi connectivity index (χ1n) is 9.11. The Bertz CT molecular complexity index is 648. The van der Waals surface area contributed by atoms with Crippen LogP contribution >= 0.6 is 0 Å². The average molecular weight is 339 g/mol. The Morgan fingerprint density at radius 1 is 1.00 bits per heavy atom. The maximum absolute atomic E-state index is 11.8. The van der Waals surface area contributed by atoms with Crippen LogP contribution in [0.25, 0.3) is 0 Å². The van der Waals surface area contributed by atoms with Gasteiger partial charge in [0.15, 0.2) is 0 Å². The zero-order valence-electron chi connectivity index (χ0n) is 15.4. The van der Waals surface area contributed by atoms with Gasteiger partial charge in [0.2, 0.25) is 0 Å². The standard InChI is InChI=1S/C22H29NO2/c1-17-15-23(3)18(2)14-21(17,24)16-22(25,19-10-6-4-7-11-19)20-12-8-5-9-13-20/h4-13,17-18,24-25H,14-16H2,1-3H3/t17-,18+,21+/m0/s1. The van der Waals surface area contributed by atoms with Crippen LogP contribution in [0.1, 0.15) is 37.8 Å². The quantitative estimate of drug-likeness (QED) is 0.897. The summed E-state index contributed by atoms with van der Waals surface area (Å²) >= 11 is 0. The van der Waals surface area contributed by atoms with Crippen LogP contribution in [0, 0.1) is 5.92 Å². The lowest BCUT2D eigenvalue weighted by atomic mass is 9.69. The van der Waals surface area contributed by atoms with E-state index in [1.807, 2.05) is 60.7 Å². The summed E-state index contributed by atoms with van der Waals surface area (Å²) in [6, 6.07) is 19.7. The molecule has 2 aromatic carbocycles. The Morgan fingerprint density at radius 3 is 1.96 bits per heavy atom. The molecule has 2 N–H and O–H groups in total. The summed E-state index contributed by atoms with van der Waals surface area (Å²) in [6.07, 6.45) is 0.958. The molecule has 25 heavy (non-hydrogen) atoms. The first-order valence-corrected chi connectivity index (χ1v) is 9.11. The van der Waals surface area contributed by atoms with Crippen LogP contribution in [-0.2, 0) is 5.60 Å². The molecule has 1 fully saturated rings. The number of piperidine rings is 1. The number of likely N-dealkylation sites (tertiary alicyclic amines) is 1. The average Bonchev–Trinajstić information content (AvgIpc) is 2.61. The topological polar surface area (TPSA) is 43.7 Å². The molecular formula is C22H29NO2. The van der Waals surface area contributed by atoms with E-state index in [-0.39, 0.29) is 12.0 Å². The minimum absolute atomic E-state index is 0.0904. The van der Waals surface area contributed by atoms with Gasteiger partial charge >= 0.3 is 0 Å². The van der Waals surface area contributed by atoms with Gasteiger partial charge in [-0.15, -0.1) is 0 Å². The van der Waals surface area contributed by atoms with Crippen molar-refractivity contribution in [2.75, 3.05) is 13.6 Å². The van der Waals surface area contributed by atoms with Gasteiger partial charge in [-0.2, -0.15) is 0 Å². The number of hydrogen-bond acceptors (Lipinski definition) is 3. The SMILES string of the molecule is C[C@@H]1C[C@@](O)(CC(O)(c2ccccc2)c2ccccc2)[C@@H](C)CN1C. The molecule has 3 nitrogen and oxygen atoms in total. The number of rotatable bonds is 4. The normalized spacial score (nSPS) is 28.0. The van der Waals surface area contributed by atoms with E-state index in [1.165, 1.54) is 0 Å². The van der Waals surface area contributed by atoms with E-state index in [9.17, 15) is 10.2 Å². The van der Waals surface area contributed by atoms with Crippen molar-refractivity contribution in [3.05, 3.63) is 71.8 Å². The molecule has 0 aliphatic carbocycles. The molecule has 134 valence electrons. The first kappa shape index (κ1) is 18.1. The molecule has 0 bridgehead atoms. The zero-order valence-corrected chi connectivity index (χ0v) is 15.4. The monoisotopic (exact) mass is 339 g/mol. The molecule has 1 saturated heterocycles. The van der Waals surface area contributed by atoms with Gasteiger partial charge in [-0.05, 0) is 37.4 Å². The molecule has 3 heteroatoms. The van der Waals surface area contributed by atoms with Gasteiger partial charge in [0, 0.05) is 19.0 Å². The van der Waals surface area contributed by atoms with Gasteiger partial charge < -0.3 is 15.1 Å². The lowest BCUT2D eigenvalue weighted by Crippen LogP contribution is -2.56. The fraction of sp³-hybridized carbons (Fsp3) is 0.455. The van der Waals surface area contributed by atoms with Crippen LogP contribution in [0.4, 0.5) is 0 Å². The van der Waals surface area contributed by atoms with Crippen molar-refractivity contribution in [3.63, 3.8) is 0 Å². The third-order valence-corrected chi connectivity index (χ3v) is 5.95. The highest BCUT2D eigenvalue weighted by Gasteiger charge is 2.47.